The van der Waals surface area contributed by atoms with E-state index in [0.717, 1.165) is 24.5 Å². The fourth-order valence-electron chi connectivity index (χ4n) is 2.68. The van der Waals surface area contributed by atoms with Crippen LogP contribution in [0.3, 0.4) is 0 Å². The number of amides is 1. The van der Waals surface area contributed by atoms with Crippen molar-refractivity contribution in [1.29, 1.82) is 0 Å². The van der Waals surface area contributed by atoms with E-state index in [-0.39, 0.29) is 5.91 Å². The van der Waals surface area contributed by atoms with Gasteiger partial charge in [-0.25, -0.2) is 9.97 Å². The lowest BCUT2D eigenvalue weighted by Gasteiger charge is -2.27. The number of carbonyl (C=O) groups is 1. The summed E-state index contributed by atoms with van der Waals surface area (Å²) in [6, 6.07) is 9.96. The van der Waals surface area contributed by atoms with Crippen molar-refractivity contribution in [2.45, 2.75) is 13.5 Å². The van der Waals surface area contributed by atoms with Gasteiger partial charge in [0, 0.05) is 26.2 Å². The summed E-state index contributed by atoms with van der Waals surface area (Å²) < 4.78 is 5.34. The Bertz CT molecular complexity index is 654. The van der Waals surface area contributed by atoms with Crippen LogP contribution in [0.2, 0.25) is 0 Å². The first-order valence-electron chi connectivity index (χ1n) is 8.26. The Hall–Kier alpha value is -2.47. The quantitative estimate of drug-likeness (QED) is 0.841. The van der Waals surface area contributed by atoms with Crippen LogP contribution in [-0.2, 0) is 11.3 Å². The molecule has 0 saturated carbocycles. The molecule has 24 heavy (non-hydrogen) atoms. The van der Waals surface area contributed by atoms with Crippen LogP contribution in [0.5, 0.6) is 0 Å². The average Bonchev–Trinajstić information content (AvgIpc) is 2.67. The molecule has 1 aliphatic rings. The Kier molecular flexibility index (Phi) is 5.38. The maximum atomic E-state index is 12.7. The van der Waals surface area contributed by atoms with Crippen molar-refractivity contribution in [3.8, 4) is 0 Å². The zero-order valence-electron chi connectivity index (χ0n) is 13.9. The standard InChI is InChI=1S/C18H22N4O2/c1-2-21(14-15-6-4-3-5-7-15)18(23)16-12-20-17(13-19-16)22-8-10-24-11-9-22/h3-7,12-13H,2,8-11,14H2,1H3. The fourth-order valence-corrected chi connectivity index (χ4v) is 2.68. The summed E-state index contributed by atoms with van der Waals surface area (Å²) in [4.78, 5) is 25.3. The first-order valence-corrected chi connectivity index (χ1v) is 8.26. The number of morpholine rings is 1. The molecule has 3 rings (SSSR count). The zero-order valence-corrected chi connectivity index (χ0v) is 13.9. The first kappa shape index (κ1) is 16.4. The van der Waals surface area contributed by atoms with Crippen molar-refractivity contribution in [3.05, 3.63) is 54.0 Å². The van der Waals surface area contributed by atoms with Gasteiger partial charge in [-0.3, -0.25) is 4.79 Å². The number of hydrogen-bond donors (Lipinski definition) is 0. The molecule has 0 unspecified atom stereocenters. The third kappa shape index (κ3) is 3.89. The van der Waals surface area contributed by atoms with Crippen molar-refractivity contribution >= 4 is 11.7 Å². The third-order valence-electron chi connectivity index (χ3n) is 4.08. The summed E-state index contributed by atoms with van der Waals surface area (Å²) in [7, 11) is 0. The van der Waals surface area contributed by atoms with E-state index in [9.17, 15) is 4.79 Å². The minimum absolute atomic E-state index is 0.0950. The van der Waals surface area contributed by atoms with Gasteiger partial charge in [-0.05, 0) is 12.5 Å². The molecule has 0 N–H and O–H groups in total. The summed E-state index contributed by atoms with van der Waals surface area (Å²) in [6.45, 7) is 6.17. The molecule has 1 aromatic carbocycles. The minimum atomic E-state index is -0.0950. The first-order chi connectivity index (χ1) is 11.8. The third-order valence-corrected chi connectivity index (χ3v) is 4.08. The highest BCUT2D eigenvalue weighted by atomic mass is 16.5. The number of nitrogens with zero attached hydrogens (tertiary/aromatic N) is 4. The van der Waals surface area contributed by atoms with Gasteiger partial charge in [0.25, 0.3) is 5.91 Å². The summed E-state index contributed by atoms with van der Waals surface area (Å²) in [5.74, 6) is 0.698. The van der Waals surface area contributed by atoms with E-state index in [0.29, 0.717) is 32.0 Å². The largest absolute Gasteiger partial charge is 0.378 e. The second kappa shape index (κ2) is 7.88. The Morgan fingerprint density at radius 3 is 2.54 bits per heavy atom. The van der Waals surface area contributed by atoms with Crippen molar-refractivity contribution in [2.75, 3.05) is 37.7 Å². The molecule has 6 heteroatoms. The van der Waals surface area contributed by atoms with Crippen LogP contribution in [0.4, 0.5) is 5.82 Å². The van der Waals surface area contributed by atoms with E-state index in [1.165, 1.54) is 0 Å². The van der Waals surface area contributed by atoms with Gasteiger partial charge < -0.3 is 14.5 Å². The molecule has 1 saturated heterocycles. The van der Waals surface area contributed by atoms with Crippen LogP contribution < -0.4 is 4.90 Å². The van der Waals surface area contributed by atoms with Crippen LogP contribution in [-0.4, -0.2) is 53.6 Å². The number of rotatable bonds is 5. The molecule has 0 bridgehead atoms. The van der Waals surface area contributed by atoms with Crippen LogP contribution in [0.1, 0.15) is 23.0 Å². The van der Waals surface area contributed by atoms with Crippen molar-refractivity contribution in [2.24, 2.45) is 0 Å². The molecule has 0 aliphatic carbocycles. The lowest BCUT2D eigenvalue weighted by Crippen LogP contribution is -2.37. The Morgan fingerprint density at radius 2 is 1.92 bits per heavy atom. The summed E-state index contributed by atoms with van der Waals surface area (Å²) in [5, 5.41) is 0. The van der Waals surface area contributed by atoms with Crippen LogP contribution in [0.25, 0.3) is 0 Å². The minimum Gasteiger partial charge on any atom is -0.378 e. The molecule has 0 radical (unpaired) electrons. The lowest BCUT2D eigenvalue weighted by atomic mass is 10.2. The van der Waals surface area contributed by atoms with E-state index in [1.807, 2.05) is 37.3 Å². The SMILES string of the molecule is CCN(Cc1ccccc1)C(=O)c1cnc(N2CCOCC2)cn1. The Balaban J connectivity index is 1.68. The van der Waals surface area contributed by atoms with E-state index in [1.54, 1.807) is 17.3 Å². The van der Waals surface area contributed by atoms with Crippen molar-refractivity contribution in [1.82, 2.24) is 14.9 Å². The monoisotopic (exact) mass is 326 g/mol. The second-order valence-corrected chi connectivity index (χ2v) is 5.66. The maximum Gasteiger partial charge on any atom is 0.274 e. The van der Waals surface area contributed by atoms with E-state index >= 15 is 0 Å². The van der Waals surface area contributed by atoms with Gasteiger partial charge in [0.2, 0.25) is 0 Å². The second-order valence-electron chi connectivity index (χ2n) is 5.66. The smallest absolute Gasteiger partial charge is 0.274 e. The number of ether oxygens (including phenoxy) is 1. The number of benzene rings is 1. The van der Waals surface area contributed by atoms with Crippen LogP contribution in [0, 0.1) is 0 Å². The predicted molar refractivity (Wildman–Crippen MR) is 91.9 cm³/mol. The number of anilines is 1. The van der Waals surface area contributed by atoms with Gasteiger partial charge in [-0.15, -0.1) is 0 Å². The number of aromatic nitrogens is 2. The Labute approximate surface area is 142 Å². The molecule has 2 aromatic rings. The topological polar surface area (TPSA) is 58.6 Å². The number of hydrogen-bond acceptors (Lipinski definition) is 5. The number of carbonyl (C=O) groups excluding carboxylic acids is 1. The highest BCUT2D eigenvalue weighted by Crippen LogP contribution is 2.13. The average molecular weight is 326 g/mol. The molecule has 1 aliphatic heterocycles. The molecule has 1 aromatic heterocycles. The summed E-state index contributed by atoms with van der Waals surface area (Å²) >= 11 is 0. The van der Waals surface area contributed by atoms with Gasteiger partial charge >= 0.3 is 0 Å². The van der Waals surface area contributed by atoms with Gasteiger partial charge in [0.15, 0.2) is 0 Å². The molecule has 6 nitrogen and oxygen atoms in total. The normalized spacial score (nSPS) is 14.5. The molecular formula is C18H22N4O2. The highest BCUT2D eigenvalue weighted by Gasteiger charge is 2.18. The molecular weight excluding hydrogens is 304 g/mol. The molecule has 1 amide bonds. The molecule has 0 spiro atoms. The fraction of sp³-hybridized carbons (Fsp3) is 0.389. The van der Waals surface area contributed by atoms with E-state index in [4.69, 9.17) is 4.74 Å². The highest BCUT2D eigenvalue weighted by molar-refractivity contribution is 5.92. The maximum absolute atomic E-state index is 12.7. The molecule has 126 valence electrons. The van der Waals surface area contributed by atoms with Crippen molar-refractivity contribution < 1.29 is 9.53 Å². The molecule has 1 fully saturated rings. The zero-order chi connectivity index (χ0) is 16.8. The van der Waals surface area contributed by atoms with E-state index in [2.05, 4.69) is 14.9 Å². The summed E-state index contributed by atoms with van der Waals surface area (Å²) in [5.41, 5.74) is 1.48. The van der Waals surface area contributed by atoms with Crippen LogP contribution >= 0.6 is 0 Å². The van der Waals surface area contributed by atoms with Gasteiger partial charge in [-0.1, -0.05) is 30.3 Å². The Morgan fingerprint density at radius 1 is 1.17 bits per heavy atom. The van der Waals surface area contributed by atoms with Gasteiger partial charge in [0.1, 0.15) is 11.5 Å². The molecule has 2 heterocycles. The molecule has 0 atom stereocenters. The van der Waals surface area contributed by atoms with Gasteiger partial charge in [0.05, 0.1) is 25.6 Å². The summed E-state index contributed by atoms with van der Waals surface area (Å²) in [6.07, 6.45) is 3.25. The van der Waals surface area contributed by atoms with Crippen LogP contribution in [0.15, 0.2) is 42.7 Å². The van der Waals surface area contributed by atoms with Gasteiger partial charge in [-0.2, -0.15) is 0 Å². The van der Waals surface area contributed by atoms with Crippen molar-refractivity contribution in [3.63, 3.8) is 0 Å². The predicted octanol–water partition coefficient (Wildman–Crippen LogP) is 1.98. The van der Waals surface area contributed by atoms with E-state index < -0.39 is 0 Å². The lowest BCUT2D eigenvalue weighted by molar-refractivity contribution is 0.0746.